The van der Waals surface area contributed by atoms with Crippen molar-refractivity contribution in [1.29, 1.82) is 0 Å². The third kappa shape index (κ3) is 3.33. The molecule has 1 aliphatic heterocycles. The molecule has 2 heterocycles. The quantitative estimate of drug-likeness (QED) is 0.841. The fourth-order valence-electron chi connectivity index (χ4n) is 2.13. The molecule has 1 N–H and O–H groups in total. The van der Waals surface area contributed by atoms with E-state index in [4.69, 9.17) is 4.74 Å². The van der Waals surface area contributed by atoms with Crippen molar-refractivity contribution in [2.45, 2.75) is 12.8 Å². The Hall–Kier alpha value is -1.66. The van der Waals surface area contributed by atoms with E-state index in [-0.39, 0.29) is 18.3 Å². The summed E-state index contributed by atoms with van der Waals surface area (Å²) >= 11 is 4.73. The van der Waals surface area contributed by atoms with Crippen LogP contribution in [0.4, 0.5) is 5.69 Å². The number of amides is 1. The maximum absolute atomic E-state index is 12.0. The van der Waals surface area contributed by atoms with Gasteiger partial charge in [0.2, 0.25) is 11.7 Å². The zero-order valence-corrected chi connectivity index (χ0v) is 13.4. The molecular formula is C15H12BrNO3S. The van der Waals surface area contributed by atoms with Crippen molar-refractivity contribution in [2.24, 2.45) is 0 Å². The number of halogens is 1. The van der Waals surface area contributed by atoms with Gasteiger partial charge in [0.15, 0.2) is 6.61 Å². The highest BCUT2D eigenvalue weighted by molar-refractivity contribution is 9.11. The lowest BCUT2D eigenvalue weighted by Gasteiger charge is -2.17. The molecule has 6 heteroatoms. The fraction of sp³-hybridized carbons (Fsp3) is 0.200. The van der Waals surface area contributed by atoms with Crippen molar-refractivity contribution in [3.8, 4) is 5.75 Å². The topological polar surface area (TPSA) is 55.4 Å². The van der Waals surface area contributed by atoms with Crippen molar-refractivity contribution >= 4 is 44.6 Å². The molecular weight excluding hydrogens is 354 g/mol. The molecule has 21 heavy (non-hydrogen) atoms. The number of rotatable bonds is 4. The second-order valence-electron chi connectivity index (χ2n) is 4.68. The summed E-state index contributed by atoms with van der Waals surface area (Å²) < 4.78 is 6.48. The van der Waals surface area contributed by atoms with Crippen LogP contribution in [0.3, 0.4) is 0 Å². The Morgan fingerprint density at radius 3 is 2.90 bits per heavy atom. The Labute approximate surface area is 134 Å². The number of hydrogen-bond donors (Lipinski definition) is 1. The number of Topliss-reactive ketones (excluding diaryl/α,β-unsaturated/α-hetero) is 1. The Balaban J connectivity index is 1.66. The summed E-state index contributed by atoms with van der Waals surface area (Å²) in [5, 5.41) is 2.82. The molecule has 0 saturated carbocycles. The van der Waals surface area contributed by atoms with Gasteiger partial charge in [-0.25, -0.2) is 0 Å². The monoisotopic (exact) mass is 365 g/mol. The first kappa shape index (κ1) is 14.3. The van der Waals surface area contributed by atoms with Crippen LogP contribution < -0.4 is 10.1 Å². The van der Waals surface area contributed by atoms with Gasteiger partial charge < -0.3 is 10.1 Å². The zero-order chi connectivity index (χ0) is 14.8. The van der Waals surface area contributed by atoms with Gasteiger partial charge >= 0.3 is 0 Å². The van der Waals surface area contributed by atoms with Crippen LogP contribution in [-0.4, -0.2) is 18.3 Å². The van der Waals surface area contributed by atoms with Gasteiger partial charge in [0.05, 0.1) is 8.66 Å². The van der Waals surface area contributed by atoms with E-state index in [9.17, 15) is 9.59 Å². The van der Waals surface area contributed by atoms with Crippen LogP contribution in [0.5, 0.6) is 5.75 Å². The molecule has 1 aliphatic rings. The van der Waals surface area contributed by atoms with Crippen LogP contribution in [-0.2, 0) is 11.2 Å². The summed E-state index contributed by atoms with van der Waals surface area (Å²) in [7, 11) is 0. The second kappa shape index (κ2) is 5.99. The van der Waals surface area contributed by atoms with Crippen LogP contribution in [0, 0.1) is 0 Å². The Morgan fingerprint density at radius 2 is 2.14 bits per heavy atom. The molecule has 0 fully saturated rings. The summed E-state index contributed by atoms with van der Waals surface area (Å²) in [5.41, 5.74) is 1.87. The Bertz CT molecular complexity index is 711. The number of benzene rings is 1. The van der Waals surface area contributed by atoms with Gasteiger partial charge in [-0.15, -0.1) is 11.3 Å². The molecule has 3 rings (SSSR count). The number of ether oxygens (including phenoxy) is 1. The minimum absolute atomic E-state index is 0.0120. The number of carbonyl (C=O) groups excluding carboxylic acids is 2. The lowest BCUT2D eigenvalue weighted by atomic mass is 10.0. The first-order valence-electron chi connectivity index (χ1n) is 6.46. The fourth-order valence-corrected chi connectivity index (χ4v) is 3.44. The molecule has 0 bridgehead atoms. The second-order valence-corrected chi connectivity index (χ2v) is 7.15. The maximum Gasteiger partial charge on any atom is 0.224 e. The number of thiophene rings is 1. The minimum atomic E-state index is -0.0447. The molecule has 2 aromatic rings. The number of carbonyl (C=O) groups is 2. The van der Waals surface area contributed by atoms with Crippen LogP contribution in [0.25, 0.3) is 0 Å². The smallest absolute Gasteiger partial charge is 0.224 e. The summed E-state index contributed by atoms with van der Waals surface area (Å²) in [6.07, 6.45) is 1.18. The predicted octanol–water partition coefficient (Wildman–Crippen LogP) is 3.66. The van der Waals surface area contributed by atoms with Gasteiger partial charge in [0.25, 0.3) is 0 Å². The van der Waals surface area contributed by atoms with Crippen LogP contribution >= 0.6 is 27.3 Å². The van der Waals surface area contributed by atoms with E-state index in [0.717, 1.165) is 15.0 Å². The van der Waals surface area contributed by atoms with Crippen LogP contribution in [0.2, 0.25) is 0 Å². The van der Waals surface area contributed by atoms with Gasteiger partial charge in [0, 0.05) is 12.1 Å². The largest absolute Gasteiger partial charge is 0.485 e. The SMILES string of the molecule is O=C1CCc2cc(OCC(=O)c3ccc(Br)s3)ccc2N1. The highest BCUT2D eigenvalue weighted by atomic mass is 79.9. The van der Waals surface area contributed by atoms with Crippen molar-refractivity contribution in [3.63, 3.8) is 0 Å². The lowest BCUT2D eigenvalue weighted by Crippen LogP contribution is -2.19. The molecule has 0 aliphatic carbocycles. The van der Waals surface area contributed by atoms with Gasteiger partial charge in [-0.1, -0.05) is 0 Å². The van der Waals surface area contributed by atoms with Crippen LogP contribution in [0.15, 0.2) is 34.1 Å². The normalized spacial score (nSPS) is 13.5. The number of ketones is 1. The van der Waals surface area contributed by atoms with Crippen molar-refractivity contribution in [3.05, 3.63) is 44.6 Å². The average Bonchev–Trinajstić information content (AvgIpc) is 2.91. The number of aryl methyl sites for hydroxylation is 1. The standard InChI is InChI=1S/C15H12BrNO3S/c16-14-5-4-13(21-14)12(18)8-20-10-2-3-11-9(7-10)1-6-15(19)17-11/h2-5,7H,1,6,8H2,(H,17,19). The molecule has 0 atom stereocenters. The average molecular weight is 366 g/mol. The van der Waals surface area contributed by atoms with Gasteiger partial charge in [-0.3, -0.25) is 9.59 Å². The third-order valence-corrected chi connectivity index (χ3v) is 4.85. The summed E-state index contributed by atoms with van der Waals surface area (Å²) in [6, 6.07) is 9.09. The number of anilines is 1. The minimum Gasteiger partial charge on any atom is -0.485 e. The van der Waals surface area contributed by atoms with Gasteiger partial charge in [-0.2, -0.15) is 0 Å². The Morgan fingerprint density at radius 1 is 1.29 bits per heavy atom. The molecule has 0 radical (unpaired) electrons. The van der Waals surface area contributed by atoms with Gasteiger partial charge in [-0.05, 0) is 58.2 Å². The number of fused-ring (bicyclic) bond motifs is 1. The third-order valence-electron chi connectivity index (χ3n) is 3.19. The van der Waals surface area contributed by atoms with E-state index >= 15 is 0 Å². The van der Waals surface area contributed by atoms with Gasteiger partial charge in [0.1, 0.15) is 5.75 Å². The summed E-state index contributed by atoms with van der Waals surface area (Å²) in [4.78, 5) is 23.9. The van der Waals surface area contributed by atoms with E-state index in [0.29, 0.717) is 23.5 Å². The first-order chi connectivity index (χ1) is 10.1. The predicted molar refractivity (Wildman–Crippen MR) is 85.2 cm³/mol. The van der Waals surface area contributed by atoms with E-state index in [1.165, 1.54) is 11.3 Å². The highest BCUT2D eigenvalue weighted by Crippen LogP contribution is 2.27. The van der Waals surface area contributed by atoms with Crippen molar-refractivity contribution in [1.82, 2.24) is 0 Å². The summed E-state index contributed by atoms with van der Waals surface area (Å²) in [6.45, 7) is 0.0120. The molecule has 108 valence electrons. The summed E-state index contributed by atoms with van der Waals surface area (Å²) in [5.74, 6) is 0.639. The van der Waals surface area contributed by atoms with Crippen molar-refractivity contribution < 1.29 is 14.3 Å². The highest BCUT2D eigenvalue weighted by Gasteiger charge is 2.15. The molecule has 1 aromatic carbocycles. The molecule has 4 nitrogen and oxygen atoms in total. The number of hydrogen-bond acceptors (Lipinski definition) is 4. The Kier molecular flexibility index (Phi) is 4.07. The first-order valence-corrected chi connectivity index (χ1v) is 8.07. The molecule has 1 amide bonds. The lowest BCUT2D eigenvalue weighted by molar-refractivity contribution is -0.116. The molecule has 0 unspecified atom stereocenters. The zero-order valence-electron chi connectivity index (χ0n) is 11.0. The van der Waals surface area contributed by atoms with E-state index in [1.807, 2.05) is 18.2 Å². The van der Waals surface area contributed by atoms with E-state index in [2.05, 4.69) is 21.2 Å². The molecule has 0 spiro atoms. The van der Waals surface area contributed by atoms with Crippen LogP contribution in [0.1, 0.15) is 21.7 Å². The van der Waals surface area contributed by atoms with E-state index in [1.54, 1.807) is 12.1 Å². The number of nitrogens with one attached hydrogen (secondary N) is 1. The molecule has 1 aromatic heterocycles. The van der Waals surface area contributed by atoms with Crippen molar-refractivity contribution in [2.75, 3.05) is 11.9 Å². The van der Waals surface area contributed by atoms with E-state index < -0.39 is 0 Å². The maximum atomic E-state index is 12.0. The molecule has 0 saturated heterocycles.